The minimum absolute atomic E-state index is 0.240. The molecule has 1 aromatic carbocycles. The Balaban J connectivity index is 2.19. The molecule has 0 fully saturated rings. The van der Waals surface area contributed by atoms with Gasteiger partial charge >= 0.3 is 5.97 Å². The van der Waals surface area contributed by atoms with Crippen molar-refractivity contribution >= 4 is 11.7 Å². The van der Waals surface area contributed by atoms with Crippen molar-refractivity contribution < 1.29 is 14.6 Å². The molecule has 0 unspecified atom stereocenters. The first-order valence-electron chi connectivity index (χ1n) is 5.32. The number of aliphatic carboxylic acids is 1. The van der Waals surface area contributed by atoms with Gasteiger partial charge in [-0.05, 0) is 37.1 Å². The highest BCUT2D eigenvalue weighted by Gasteiger charge is 1.96. The molecule has 0 aliphatic rings. The molecule has 0 amide bonds. The van der Waals surface area contributed by atoms with E-state index in [4.69, 9.17) is 9.84 Å². The van der Waals surface area contributed by atoms with Gasteiger partial charge in [0.2, 0.25) is 0 Å². The molecule has 1 rings (SSSR count). The molecule has 16 heavy (non-hydrogen) atoms. The van der Waals surface area contributed by atoms with Crippen LogP contribution >= 0.6 is 0 Å². The number of benzene rings is 1. The van der Waals surface area contributed by atoms with Crippen molar-refractivity contribution in [2.75, 3.05) is 19.0 Å². The van der Waals surface area contributed by atoms with Crippen molar-refractivity contribution in [3.05, 3.63) is 24.3 Å². The third-order valence-corrected chi connectivity index (χ3v) is 2.24. The van der Waals surface area contributed by atoms with Crippen LogP contribution in [0, 0.1) is 0 Å². The molecule has 0 aromatic heterocycles. The maximum Gasteiger partial charge on any atom is 0.303 e. The Hall–Kier alpha value is -1.71. The zero-order valence-corrected chi connectivity index (χ0v) is 9.40. The van der Waals surface area contributed by atoms with Gasteiger partial charge in [-0.15, -0.1) is 0 Å². The van der Waals surface area contributed by atoms with E-state index in [0.717, 1.165) is 24.4 Å². The summed E-state index contributed by atoms with van der Waals surface area (Å²) in [6.45, 7) is 0.791. The summed E-state index contributed by atoms with van der Waals surface area (Å²) in [5, 5.41) is 11.7. The number of unbranched alkanes of at least 4 members (excludes halogenated alkanes) is 1. The second-order valence-corrected chi connectivity index (χ2v) is 3.51. The largest absolute Gasteiger partial charge is 0.497 e. The topological polar surface area (TPSA) is 58.6 Å². The minimum Gasteiger partial charge on any atom is -0.497 e. The number of carboxylic acid groups (broad SMARTS) is 1. The Morgan fingerprint density at radius 3 is 2.56 bits per heavy atom. The van der Waals surface area contributed by atoms with E-state index in [-0.39, 0.29) is 6.42 Å². The molecule has 0 bridgehead atoms. The molecule has 0 heterocycles. The number of methoxy groups -OCH3 is 1. The SMILES string of the molecule is COc1ccc(NCCCCC(=O)O)cc1. The summed E-state index contributed by atoms with van der Waals surface area (Å²) in [7, 11) is 1.63. The van der Waals surface area contributed by atoms with Gasteiger partial charge < -0.3 is 15.2 Å². The van der Waals surface area contributed by atoms with Crippen LogP contribution in [0.15, 0.2) is 24.3 Å². The van der Waals surface area contributed by atoms with E-state index in [1.807, 2.05) is 24.3 Å². The summed E-state index contributed by atoms with van der Waals surface area (Å²) >= 11 is 0. The average Bonchev–Trinajstić information content (AvgIpc) is 2.29. The van der Waals surface area contributed by atoms with E-state index in [0.29, 0.717) is 6.42 Å². The Bertz CT molecular complexity index is 322. The number of carbonyl (C=O) groups is 1. The van der Waals surface area contributed by atoms with E-state index in [2.05, 4.69) is 5.32 Å². The van der Waals surface area contributed by atoms with E-state index in [9.17, 15) is 4.79 Å². The maximum atomic E-state index is 10.3. The number of hydrogen-bond donors (Lipinski definition) is 2. The van der Waals surface area contributed by atoms with Gasteiger partial charge in [-0.3, -0.25) is 4.79 Å². The molecule has 0 spiro atoms. The maximum absolute atomic E-state index is 10.3. The van der Waals surface area contributed by atoms with Crippen molar-refractivity contribution in [1.29, 1.82) is 0 Å². The molecule has 0 saturated carbocycles. The molecular weight excluding hydrogens is 206 g/mol. The fourth-order valence-electron chi connectivity index (χ4n) is 1.34. The van der Waals surface area contributed by atoms with Crippen LogP contribution in [0.2, 0.25) is 0 Å². The third kappa shape index (κ3) is 4.68. The normalized spacial score (nSPS) is 9.81. The summed E-state index contributed by atoms with van der Waals surface area (Å²) in [5.41, 5.74) is 1.02. The van der Waals surface area contributed by atoms with E-state index < -0.39 is 5.97 Å². The van der Waals surface area contributed by atoms with Gasteiger partial charge in [-0.1, -0.05) is 0 Å². The monoisotopic (exact) mass is 223 g/mol. The highest BCUT2D eigenvalue weighted by Crippen LogP contribution is 2.14. The van der Waals surface area contributed by atoms with Crippen LogP contribution in [0.5, 0.6) is 5.75 Å². The molecule has 0 radical (unpaired) electrons. The van der Waals surface area contributed by atoms with Gasteiger partial charge in [0.15, 0.2) is 0 Å². The number of anilines is 1. The highest BCUT2D eigenvalue weighted by molar-refractivity contribution is 5.66. The molecule has 4 nitrogen and oxygen atoms in total. The molecule has 0 aliphatic carbocycles. The summed E-state index contributed by atoms with van der Waals surface area (Å²) in [6, 6.07) is 7.66. The first-order chi connectivity index (χ1) is 7.72. The predicted octanol–water partition coefficient (Wildman–Crippen LogP) is 2.36. The van der Waals surface area contributed by atoms with Gasteiger partial charge in [0.1, 0.15) is 5.75 Å². The standard InChI is InChI=1S/C12H17NO3/c1-16-11-7-5-10(6-8-11)13-9-3-2-4-12(14)15/h5-8,13H,2-4,9H2,1H3,(H,14,15). The zero-order chi connectivity index (χ0) is 11.8. The fourth-order valence-corrected chi connectivity index (χ4v) is 1.34. The molecule has 0 atom stereocenters. The van der Waals surface area contributed by atoms with Crippen LogP contribution in [0.3, 0.4) is 0 Å². The van der Waals surface area contributed by atoms with Crippen LogP contribution in [-0.4, -0.2) is 24.7 Å². The van der Waals surface area contributed by atoms with Gasteiger partial charge in [0, 0.05) is 18.7 Å². The highest BCUT2D eigenvalue weighted by atomic mass is 16.5. The van der Waals surface area contributed by atoms with Gasteiger partial charge in [-0.25, -0.2) is 0 Å². The van der Waals surface area contributed by atoms with Crippen LogP contribution in [0.25, 0.3) is 0 Å². The Kier molecular flexibility index (Phi) is 5.19. The Morgan fingerprint density at radius 1 is 1.31 bits per heavy atom. The zero-order valence-electron chi connectivity index (χ0n) is 9.40. The van der Waals surface area contributed by atoms with Gasteiger partial charge in [-0.2, -0.15) is 0 Å². The van der Waals surface area contributed by atoms with Crippen molar-refractivity contribution in [2.45, 2.75) is 19.3 Å². The minimum atomic E-state index is -0.732. The lowest BCUT2D eigenvalue weighted by atomic mass is 10.2. The van der Waals surface area contributed by atoms with Gasteiger partial charge in [0.25, 0.3) is 0 Å². The van der Waals surface area contributed by atoms with Crippen LogP contribution in [-0.2, 0) is 4.79 Å². The lowest BCUT2D eigenvalue weighted by Crippen LogP contribution is -2.03. The Morgan fingerprint density at radius 2 is 2.00 bits per heavy atom. The molecular formula is C12H17NO3. The summed E-state index contributed by atoms with van der Waals surface area (Å²) in [4.78, 5) is 10.3. The summed E-state index contributed by atoms with van der Waals surface area (Å²) < 4.78 is 5.05. The molecule has 0 saturated heterocycles. The van der Waals surface area contributed by atoms with E-state index in [1.54, 1.807) is 7.11 Å². The number of ether oxygens (including phenoxy) is 1. The molecule has 0 aliphatic heterocycles. The lowest BCUT2D eigenvalue weighted by molar-refractivity contribution is -0.137. The summed E-state index contributed by atoms with van der Waals surface area (Å²) in [5.74, 6) is 0.0980. The van der Waals surface area contributed by atoms with Gasteiger partial charge in [0.05, 0.1) is 7.11 Å². The molecule has 2 N–H and O–H groups in total. The second kappa shape index (κ2) is 6.71. The smallest absolute Gasteiger partial charge is 0.303 e. The first kappa shape index (κ1) is 12.4. The van der Waals surface area contributed by atoms with Crippen molar-refractivity contribution in [3.8, 4) is 5.75 Å². The van der Waals surface area contributed by atoms with E-state index in [1.165, 1.54) is 0 Å². The number of rotatable bonds is 7. The van der Waals surface area contributed by atoms with Crippen molar-refractivity contribution in [3.63, 3.8) is 0 Å². The number of hydrogen-bond acceptors (Lipinski definition) is 3. The molecule has 4 heteroatoms. The second-order valence-electron chi connectivity index (χ2n) is 3.51. The third-order valence-electron chi connectivity index (χ3n) is 2.24. The Labute approximate surface area is 95.2 Å². The van der Waals surface area contributed by atoms with Crippen LogP contribution in [0.1, 0.15) is 19.3 Å². The molecule has 1 aromatic rings. The fraction of sp³-hybridized carbons (Fsp3) is 0.417. The van der Waals surface area contributed by atoms with E-state index >= 15 is 0 Å². The number of nitrogens with one attached hydrogen (secondary N) is 1. The molecule has 88 valence electrons. The van der Waals surface area contributed by atoms with Crippen LogP contribution < -0.4 is 10.1 Å². The first-order valence-corrected chi connectivity index (χ1v) is 5.32. The predicted molar refractivity (Wildman–Crippen MR) is 63.0 cm³/mol. The average molecular weight is 223 g/mol. The van der Waals surface area contributed by atoms with Crippen LogP contribution in [0.4, 0.5) is 5.69 Å². The quantitative estimate of drug-likeness (QED) is 0.697. The lowest BCUT2D eigenvalue weighted by Gasteiger charge is -2.06. The van der Waals surface area contributed by atoms with Crippen molar-refractivity contribution in [1.82, 2.24) is 0 Å². The summed E-state index contributed by atoms with van der Waals surface area (Å²) in [6.07, 6.45) is 1.81. The number of carboxylic acids is 1. The van der Waals surface area contributed by atoms with Crippen molar-refractivity contribution in [2.24, 2.45) is 0 Å².